The highest BCUT2D eigenvalue weighted by molar-refractivity contribution is 5.29. The van der Waals surface area contributed by atoms with Gasteiger partial charge in [0.25, 0.3) is 0 Å². The van der Waals surface area contributed by atoms with Crippen molar-refractivity contribution < 1.29 is 13.5 Å². The minimum Gasteiger partial charge on any atom is -0.435 e. The van der Waals surface area contributed by atoms with E-state index in [1.807, 2.05) is 7.05 Å². The van der Waals surface area contributed by atoms with Crippen LogP contribution < -0.4 is 10.5 Å². The van der Waals surface area contributed by atoms with Crippen LogP contribution >= 0.6 is 0 Å². The number of ether oxygens (including phenoxy) is 1. The maximum absolute atomic E-state index is 12.1. The van der Waals surface area contributed by atoms with Crippen molar-refractivity contribution >= 4 is 0 Å². The van der Waals surface area contributed by atoms with Gasteiger partial charge in [-0.15, -0.1) is 0 Å². The summed E-state index contributed by atoms with van der Waals surface area (Å²) in [5, 5.41) is 0. The summed E-state index contributed by atoms with van der Waals surface area (Å²) in [6, 6.07) is 6.74. The molecule has 20 heavy (non-hydrogen) atoms. The van der Waals surface area contributed by atoms with Crippen LogP contribution in [0.15, 0.2) is 24.3 Å². The number of benzene rings is 1. The quantitative estimate of drug-likeness (QED) is 0.872. The summed E-state index contributed by atoms with van der Waals surface area (Å²) in [5.41, 5.74) is 7.02. The lowest BCUT2D eigenvalue weighted by Gasteiger charge is -2.33. The Morgan fingerprint density at radius 2 is 1.75 bits per heavy atom. The Morgan fingerprint density at radius 3 is 2.15 bits per heavy atom. The van der Waals surface area contributed by atoms with Crippen molar-refractivity contribution in [2.45, 2.75) is 33.4 Å². The number of alkyl halides is 2. The highest BCUT2D eigenvalue weighted by atomic mass is 19.3. The molecule has 0 bridgehead atoms. The molecule has 0 aliphatic rings. The average Bonchev–Trinajstić information content (AvgIpc) is 2.29. The zero-order valence-electron chi connectivity index (χ0n) is 12.6. The van der Waals surface area contributed by atoms with Crippen LogP contribution in [0, 0.1) is 5.41 Å². The van der Waals surface area contributed by atoms with E-state index in [4.69, 9.17) is 5.73 Å². The number of hydrogen-bond acceptors (Lipinski definition) is 3. The maximum atomic E-state index is 12.1. The van der Waals surface area contributed by atoms with E-state index in [1.54, 1.807) is 24.3 Å². The van der Waals surface area contributed by atoms with Gasteiger partial charge in [-0.2, -0.15) is 8.78 Å². The fourth-order valence-electron chi connectivity index (χ4n) is 2.30. The molecule has 0 saturated carbocycles. The molecule has 114 valence electrons. The van der Waals surface area contributed by atoms with E-state index in [0.717, 1.165) is 12.1 Å². The van der Waals surface area contributed by atoms with Crippen molar-refractivity contribution in [1.29, 1.82) is 0 Å². The van der Waals surface area contributed by atoms with Crippen LogP contribution in [0.4, 0.5) is 8.78 Å². The van der Waals surface area contributed by atoms with Gasteiger partial charge >= 0.3 is 6.61 Å². The van der Waals surface area contributed by atoms with Gasteiger partial charge in [-0.25, -0.2) is 0 Å². The highest BCUT2D eigenvalue weighted by Gasteiger charge is 2.21. The summed E-state index contributed by atoms with van der Waals surface area (Å²) in [6.45, 7) is 5.06. The van der Waals surface area contributed by atoms with E-state index in [1.165, 1.54) is 0 Å². The number of hydrogen-bond donors (Lipinski definition) is 1. The predicted octanol–water partition coefficient (Wildman–Crippen LogP) is 3.27. The Bertz CT molecular complexity index is 401. The van der Waals surface area contributed by atoms with Crippen LogP contribution in [0.1, 0.15) is 32.4 Å². The molecule has 0 heterocycles. The molecular weight excluding hydrogens is 262 g/mol. The summed E-state index contributed by atoms with van der Waals surface area (Å²) >= 11 is 0. The Morgan fingerprint density at radius 1 is 1.20 bits per heavy atom. The summed E-state index contributed by atoms with van der Waals surface area (Å²) in [6.07, 6.45) is 0. The molecule has 1 unspecified atom stereocenters. The highest BCUT2D eigenvalue weighted by Crippen LogP contribution is 2.25. The average molecular weight is 286 g/mol. The van der Waals surface area contributed by atoms with Gasteiger partial charge < -0.3 is 10.5 Å². The molecule has 0 aliphatic heterocycles. The Labute approximate surface area is 119 Å². The van der Waals surface area contributed by atoms with Crippen molar-refractivity contribution in [3.05, 3.63) is 29.8 Å². The van der Waals surface area contributed by atoms with Gasteiger partial charge in [0.05, 0.1) is 0 Å². The monoisotopic (exact) mass is 286 g/mol. The van der Waals surface area contributed by atoms with E-state index in [0.29, 0.717) is 6.54 Å². The van der Waals surface area contributed by atoms with Crippen molar-refractivity contribution in [3.63, 3.8) is 0 Å². The van der Waals surface area contributed by atoms with Gasteiger partial charge in [0, 0.05) is 19.1 Å². The zero-order chi connectivity index (χ0) is 15.3. The number of halogens is 2. The number of nitrogens with zero attached hydrogens (tertiary/aromatic N) is 1. The largest absolute Gasteiger partial charge is 0.435 e. The van der Waals surface area contributed by atoms with E-state index >= 15 is 0 Å². The molecule has 0 fully saturated rings. The van der Waals surface area contributed by atoms with E-state index in [2.05, 4.69) is 30.4 Å². The van der Waals surface area contributed by atoms with Gasteiger partial charge in [-0.3, -0.25) is 4.90 Å². The fourth-order valence-corrected chi connectivity index (χ4v) is 2.30. The van der Waals surface area contributed by atoms with Crippen LogP contribution in [-0.4, -0.2) is 31.6 Å². The third-order valence-electron chi connectivity index (χ3n) is 2.97. The molecule has 0 radical (unpaired) electrons. The lowest BCUT2D eigenvalue weighted by Crippen LogP contribution is -2.36. The molecule has 0 amide bonds. The summed E-state index contributed by atoms with van der Waals surface area (Å²) in [4.78, 5) is 2.18. The van der Waals surface area contributed by atoms with Gasteiger partial charge in [0.1, 0.15) is 5.75 Å². The first kappa shape index (κ1) is 16.9. The third-order valence-corrected chi connectivity index (χ3v) is 2.97. The topological polar surface area (TPSA) is 38.5 Å². The number of rotatable bonds is 6. The normalized spacial score (nSPS) is 13.8. The molecule has 0 aliphatic carbocycles. The van der Waals surface area contributed by atoms with Crippen molar-refractivity contribution in [3.8, 4) is 5.75 Å². The third kappa shape index (κ3) is 5.43. The van der Waals surface area contributed by atoms with Gasteiger partial charge in [0.2, 0.25) is 0 Å². The zero-order valence-corrected chi connectivity index (χ0v) is 12.6. The van der Waals surface area contributed by atoms with Crippen LogP contribution in [0.25, 0.3) is 0 Å². The van der Waals surface area contributed by atoms with Crippen molar-refractivity contribution in [1.82, 2.24) is 4.90 Å². The van der Waals surface area contributed by atoms with Crippen LogP contribution in [0.5, 0.6) is 5.75 Å². The second-order valence-corrected chi connectivity index (χ2v) is 6.17. The van der Waals surface area contributed by atoms with Gasteiger partial charge in [0.15, 0.2) is 0 Å². The summed E-state index contributed by atoms with van der Waals surface area (Å²) < 4.78 is 28.6. The molecule has 5 heteroatoms. The van der Waals surface area contributed by atoms with Gasteiger partial charge in [-0.05, 0) is 30.2 Å². The second kappa shape index (κ2) is 6.99. The maximum Gasteiger partial charge on any atom is 0.387 e. The summed E-state index contributed by atoms with van der Waals surface area (Å²) in [7, 11) is 2.02. The van der Waals surface area contributed by atoms with Crippen LogP contribution in [0.2, 0.25) is 0 Å². The first-order valence-corrected chi connectivity index (χ1v) is 6.68. The van der Waals surface area contributed by atoms with E-state index in [-0.39, 0.29) is 17.2 Å². The first-order valence-electron chi connectivity index (χ1n) is 6.68. The molecule has 0 aromatic heterocycles. The molecule has 1 aromatic rings. The van der Waals surface area contributed by atoms with Crippen molar-refractivity contribution in [2.24, 2.45) is 11.1 Å². The lowest BCUT2D eigenvalue weighted by atomic mass is 9.94. The molecule has 1 atom stereocenters. The minimum absolute atomic E-state index is 0.0647. The molecule has 0 spiro atoms. The molecular formula is C15H24F2N2O. The molecule has 3 nitrogen and oxygen atoms in total. The fraction of sp³-hybridized carbons (Fsp3) is 0.600. The first-order chi connectivity index (χ1) is 9.23. The molecule has 0 saturated heterocycles. The standard InChI is InChI=1S/C15H24F2N2O/c1-15(2,3)10-19(4)13(9-18)11-5-7-12(8-6-11)20-14(16)17/h5-8,13-14H,9-10,18H2,1-4H3. The second-order valence-electron chi connectivity index (χ2n) is 6.17. The molecule has 2 N–H and O–H groups in total. The number of likely N-dealkylation sites (N-methyl/N-ethyl adjacent to an activating group) is 1. The Hall–Kier alpha value is -1.20. The minimum atomic E-state index is -2.80. The van der Waals surface area contributed by atoms with Crippen LogP contribution in [0.3, 0.4) is 0 Å². The lowest BCUT2D eigenvalue weighted by molar-refractivity contribution is -0.0498. The van der Waals surface area contributed by atoms with Crippen LogP contribution in [-0.2, 0) is 0 Å². The van der Waals surface area contributed by atoms with Gasteiger partial charge in [-0.1, -0.05) is 32.9 Å². The number of nitrogens with two attached hydrogens (primary N) is 1. The molecule has 1 aromatic carbocycles. The SMILES string of the molecule is CN(CC(C)(C)C)C(CN)c1ccc(OC(F)F)cc1. The van der Waals surface area contributed by atoms with E-state index < -0.39 is 6.61 Å². The Kier molecular flexibility index (Phi) is 5.89. The van der Waals surface area contributed by atoms with E-state index in [9.17, 15) is 8.78 Å². The van der Waals surface area contributed by atoms with Crippen molar-refractivity contribution in [2.75, 3.05) is 20.1 Å². The smallest absolute Gasteiger partial charge is 0.387 e. The molecule has 1 rings (SSSR count). The summed E-state index contributed by atoms with van der Waals surface area (Å²) in [5.74, 6) is 0.165. The predicted molar refractivity (Wildman–Crippen MR) is 77.0 cm³/mol. The Balaban J connectivity index is 2.79.